The third-order valence-electron chi connectivity index (χ3n) is 7.05. The van der Waals surface area contributed by atoms with Crippen LogP contribution >= 0.6 is 0 Å². The fraction of sp³-hybridized carbons (Fsp3) is 0.385. The van der Waals surface area contributed by atoms with Crippen LogP contribution in [-0.4, -0.2) is 0 Å². The molecule has 3 heteroatoms. The molecule has 0 saturated heterocycles. The van der Waals surface area contributed by atoms with E-state index >= 15 is 0 Å². The predicted octanol–water partition coefficient (Wildman–Crippen LogP) is 12.0. The minimum atomic E-state index is -4.22. The van der Waals surface area contributed by atoms with Crippen LogP contribution in [0.3, 0.4) is 0 Å². The highest BCUT2D eigenvalue weighted by Gasteiger charge is 2.29. The first kappa shape index (κ1) is 36.7. The van der Waals surface area contributed by atoms with E-state index in [0.717, 1.165) is 30.5 Å². The van der Waals surface area contributed by atoms with Crippen molar-refractivity contribution in [3.8, 4) is 0 Å². The lowest BCUT2D eigenvalue weighted by Gasteiger charge is -2.09. The van der Waals surface area contributed by atoms with Crippen LogP contribution in [0, 0.1) is 27.7 Å². The number of benzene rings is 4. The molecule has 0 fully saturated rings. The molecule has 0 N–H and O–H groups in total. The molecule has 0 unspecified atom stereocenters. The van der Waals surface area contributed by atoms with Crippen LogP contribution in [0.25, 0.3) is 0 Å². The molecular weight excluding hydrogens is 525 g/mol. The van der Waals surface area contributed by atoms with Crippen molar-refractivity contribution in [2.75, 3.05) is 0 Å². The van der Waals surface area contributed by atoms with Crippen molar-refractivity contribution in [2.24, 2.45) is 0 Å². The van der Waals surface area contributed by atoms with Gasteiger partial charge in [-0.3, -0.25) is 0 Å². The molecule has 0 aliphatic rings. The van der Waals surface area contributed by atoms with Gasteiger partial charge in [0.1, 0.15) is 0 Å². The summed E-state index contributed by atoms with van der Waals surface area (Å²) in [5.41, 5.74) is 10.5. The quantitative estimate of drug-likeness (QED) is 0.214. The number of rotatable bonds is 6. The highest BCUT2D eigenvalue weighted by atomic mass is 19.4. The van der Waals surface area contributed by atoms with Gasteiger partial charge in [-0.2, -0.15) is 13.2 Å². The monoisotopic (exact) mass is 576 g/mol. The molecule has 4 aromatic carbocycles. The fourth-order valence-corrected chi connectivity index (χ4v) is 4.72. The third-order valence-corrected chi connectivity index (χ3v) is 7.05. The second-order valence-corrected chi connectivity index (χ2v) is 10.7. The molecular formula is C39H51F3. The van der Waals surface area contributed by atoms with Gasteiger partial charge >= 0.3 is 6.18 Å². The van der Waals surface area contributed by atoms with Gasteiger partial charge < -0.3 is 0 Å². The van der Waals surface area contributed by atoms with E-state index in [2.05, 4.69) is 115 Å². The first-order chi connectivity index (χ1) is 20.0. The van der Waals surface area contributed by atoms with Gasteiger partial charge in [-0.15, -0.1) is 0 Å². The van der Waals surface area contributed by atoms with E-state index in [1.54, 1.807) is 5.56 Å². The van der Waals surface area contributed by atoms with Gasteiger partial charge in [0.25, 0.3) is 0 Å². The van der Waals surface area contributed by atoms with Gasteiger partial charge in [0, 0.05) is 0 Å². The molecule has 0 heterocycles. The molecule has 0 nitrogen and oxygen atoms in total. The Labute approximate surface area is 254 Å². The molecule has 0 aromatic heterocycles. The Balaban J connectivity index is 0.000000283. The van der Waals surface area contributed by atoms with Gasteiger partial charge in [-0.1, -0.05) is 125 Å². The Bertz CT molecular complexity index is 1250. The van der Waals surface area contributed by atoms with Gasteiger partial charge in [0.15, 0.2) is 0 Å². The lowest BCUT2D eigenvalue weighted by atomic mass is 9.97. The van der Waals surface area contributed by atoms with Crippen LogP contribution in [0.5, 0.6) is 0 Å². The van der Waals surface area contributed by atoms with Gasteiger partial charge in [0.05, 0.1) is 5.56 Å². The summed E-state index contributed by atoms with van der Waals surface area (Å²) in [5, 5.41) is 0. The highest BCUT2D eigenvalue weighted by molar-refractivity contribution is 5.37. The lowest BCUT2D eigenvalue weighted by molar-refractivity contribution is -0.137. The van der Waals surface area contributed by atoms with E-state index in [1.807, 2.05) is 6.92 Å². The zero-order valence-corrected chi connectivity index (χ0v) is 27.0. The molecule has 42 heavy (non-hydrogen) atoms. The van der Waals surface area contributed by atoms with E-state index in [4.69, 9.17) is 0 Å². The van der Waals surface area contributed by atoms with Crippen molar-refractivity contribution in [3.05, 3.63) is 141 Å². The van der Waals surface area contributed by atoms with Gasteiger partial charge in [-0.05, 0) is 104 Å². The average Bonchev–Trinajstić information content (AvgIpc) is 2.96. The van der Waals surface area contributed by atoms with E-state index in [-0.39, 0.29) is 0 Å². The molecule has 0 atom stereocenters. The molecule has 0 saturated carbocycles. The summed E-state index contributed by atoms with van der Waals surface area (Å²) in [6.45, 7) is 17.3. The molecule has 0 amide bonds. The van der Waals surface area contributed by atoms with E-state index in [9.17, 15) is 13.2 Å². The maximum absolute atomic E-state index is 12.0. The minimum absolute atomic E-state index is 0.584. The van der Waals surface area contributed by atoms with Crippen molar-refractivity contribution in [1.29, 1.82) is 0 Å². The summed E-state index contributed by atoms with van der Waals surface area (Å²) in [6, 6.07) is 28.8. The Morgan fingerprint density at radius 1 is 0.524 bits per heavy atom. The van der Waals surface area contributed by atoms with Gasteiger partial charge in [0.2, 0.25) is 0 Å². The summed E-state index contributed by atoms with van der Waals surface area (Å²) < 4.78 is 36.1. The van der Waals surface area contributed by atoms with Crippen LogP contribution < -0.4 is 0 Å². The summed E-state index contributed by atoms with van der Waals surface area (Å²) in [6.07, 6.45) is 2.60. The van der Waals surface area contributed by atoms with E-state index in [1.165, 1.54) is 71.2 Å². The number of hydrogen-bond donors (Lipinski definition) is 0. The van der Waals surface area contributed by atoms with Crippen LogP contribution in [0.4, 0.5) is 13.2 Å². The third kappa shape index (κ3) is 14.0. The van der Waals surface area contributed by atoms with Crippen LogP contribution in [0.1, 0.15) is 90.6 Å². The zero-order valence-electron chi connectivity index (χ0n) is 27.0. The second-order valence-electron chi connectivity index (χ2n) is 10.7. The Kier molecular flexibility index (Phi) is 17.2. The summed E-state index contributed by atoms with van der Waals surface area (Å²) in [5.74, 6) is 0. The molecule has 0 radical (unpaired) electrons. The van der Waals surface area contributed by atoms with Crippen molar-refractivity contribution >= 4 is 0 Å². The summed E-state index contributed by atoms with van der Waals surface area (Å²) >= 11 is 0. The second kappa shape index (κ2) is 19.7. The Morgan fingerprint density at radius 3 is 1.48 bits per heavy atom. The Morgan fingerprint density at radius 2 is 1.05 bits per heavy atom. The average molecular weight is 577 g/mol. The van der Waals surface area contributed by atoms with Crippen LogP contribution in [0.15, 0.2) is 91.0 Å². The molecule has 4 aromatic rings. The topological polar surface area (TPSA) is 0 Å². The highest BCUT2D eigenvalue weighted by Crippen LogP contribution is 2.29. The SMILES string of the molecule is CCCc1c(C)cc(C)cc1C.CCCc1ccccc1.CCc1ccc(C(F)(F)F)cc1.CCc1ccccc1C. The molecule has 4 rings (SSSR count). The van der Waals surface area contributed by atoms with Crippen molar-refractivity contribution in [2.45, 2.75) is 100 Å². The Hall–Kier alpha value is -3.33. The largest absolute Gasteiger partial charge is 0.416 e. The first-order valence-electron chi connectivity index (χ1n) is 15.3. The smallest absolute Gasteiger partial charge is 0.166 e. The molecule has 0 bridgehead atoms. The number of halogens is 3. The van der Waals surface area contributed by atoms with Crippen molar-refractivity contribution in [3.63, 3.8) is 0 Å². The van der Waals surface area contributed by atoms with E-state index < -0.39 is 11.7 Å². The van der Waals surface area contributed by atoms with Crippen LogP contribution in [-0.2, 0) is 31.9 Å². The molecule has 0 aliphatic carbocycles. The normalized spacial score (nSPS) is 10.4. The summed E-state index contributed by atoms with van der Waals surface area (Å²) in [7, 11) is 0. The van der Waals surface area contributed by atoms with E-state index in [0.29, 0.717) is 0 Å². The number of aryl methyl sites for hydroxylation is 7. The maximum Gasteiger partial charge on any atom is 0.416 e. The lowest BCUT2D eigenvalue weighted by Crippen LogP contribution is -2.04. The molecule has 0 aliphatic heterocycles. The zero-order chi connectivity index (χ0) is 31.5. The van der Waals surface area contributed by atoms with Crippen molar-refractivity contribution in [1.82, 2.24) is 0 Å². The fourth-order valence-electron chi connectivity index (χ4n) is 4.72. The predicted molar refractivity (Wildman–Crippen MR) is 176 cm³/mol. The molecule has 0 spiro atoms. The van der Waals surface area contributed by atoms with Gasteiger partial charge in [-0.25, -0.2) is 0 Å². The maximum atomic E-state index is 12.0. The number of alkyl halides is 3. The first-order valence-corrected chi connectivity index (χ1v) is 15.3. The standard InChI is InChI=1S/C12H18.C9H9F3.2C9H12/c1-5-6-12-10(3)7-9(2)8-11(12)4;1-2-7-3-5-8(6-4-7)9(10,11)12;1-3-9-7-5-4-6-8(9)2;1-2-6-9-7-4-3-5-8-9/h7-8H,5-6H2,1-4H3;3-6H,2H2,1H3;4-7H,3H2,1-2H3;3-5,7-8H,2,6H2,1H3. The minimum Gasteiger partial charge on any atom is -0.166 e. The summed E-state index contributed by atoms with van der Waals surface area (Å²) in [4.78, 5) is 0. The van der Waals surface area contributed by atoms with Crippen LogP contribution in [0.2, 0.25) is 0 Å². The van der Waals surface area contributed by atoms with Crippen molar-refractivity contribution < 1.29 is 13.2 Å². The molecule has 228 valence electrons. The number of hydrogen-bond acceptors (Lipinski definition) is 0.